The van der Waals surface area contributed by atoms with Crippen molar-refractivity contribution in [2.75, 3.05) is 13.6 Å². The number of benzene rings is 1. The van der Waals surface area contributed by atoms with E-state index >= 15 is 0 Å². The first kappa shape index (κ1) is 16.3. The molecule has 4 heteroatoms. The normalized spacial score (nSPS) is 21.5. The van der Waals surface area contributed by atoms with E-state index in [-0.39, 0.29) is 24.0 Å². The fourth-order valence-electron chi connectivity index (χ4n) is 2.05. The van der Waals surface area contributed by atoms with Crippen molar-refractivity contribution in [2.24, 2.45) is 10.9 Å². The second-order valence-corrected chi connectivity index (χ2v) is 5.10. The highest BCUT2D eigenvalue weighted by molar-refractivity contribution is 14.0. The molecule has 0 radical (unpaired) electrons. The van der Waals surface area contributed by atoms with Gasteiger partial charge < -0.3 is 10.2 Å². The minimum atomic E-state index is 0. The molecule has 2 unspecified atom stereocenters. The maximum absolute atomic E-state index is 4.57. The van der Waals surface area contributed by atoms with Crippen molar-refractivity contribution < 1.29 is 0 Å². The lowest BCUT2D eigenvalue weighted by atomic mass is 10.2. The molecule has 0 spiro atoms. The summed E-state index contributed by atoms with van der Waals surface area (Å²) in [5, 5.41) is 3.54. The van der Waals surface area contributed by atoms with Crippen LogP contribution in [0.5, 0.6) is 0 Å². The van der Waals surface area contributed by atoms with Crippen LogP contribution >= 0.6 is 24.0 Å². The van der Waals surface area contributed by atoms with Gasteiger partial charge in [-0.15, -0.1) is 24.0 Å². The first-order valence-electron chi connectivity index (χ1n) is 6.76. The van der Waals surface area contributed by atoms with Crippen LogP contribution in [0.1, 0.15) is 25.8 Å². The molecule has 0 saturated heterocycles. The summed E-state index contributed by atoms with van der Waals surface area (Å²) in [5.74, 6) is 1.81. The van der Waals surface area contributed by atoms with Gasteiger partial charge in [0.05, 0.1) is 0 Å². The molecular formula is C15H24IN3. The Bertz CT molecular complexity index is 405. The molecule has 1 saturated carbocycles. The number of halogens is 1. The Balaban J connectivity index is 0.00000180. The first-order valence-corrected chi connectivity index (χ1v) is 6.76. The van der Waals surface area contributed by atoms with Gasteiger partial charge in [-0.25, -0.2) is 0 Å². The minimum Gasteiger partial charge on any atom is -0.353 e. The third-order valence-electron chi connectivity index (χ3n) is 3.36. The molecule has 1 aliphatic carbocycles. The zero-order valence-electron chi connectivity index (χ0n) is 12.0. The van der Waals surface area contributed by atoms with Crippen molar-refractivity contribution in [2.45, 2.75) is 32.9 Å². The molecule has 0 amide bonds. The predicted octanol–water partition coefficient (Wildman–Crippen LogP) is 3.11. The van der Waals surface area contributed by atoms with Crippen molar-refractivity contribution in [3.63, 3.8) is 0 Å². The van der Waals surface area contributed by atoms with Gasteiger partial charge in [-0.05, 0) is 24.8 Å². The highest BCUT2D eigenvalue weighted by Gasteiger charge is 2.33. The van der Waals surface area contributed by atoms with Gasteiger partial charge in [0.15, 0.2) is 5.96 Å². The van der Waals surface area contributed by atoms with Crippen molar-refractivity contribution in [3.05, 3.63) is 35.9 Å². The zero-order valence-corrected chi connectivity index (χ0v) is 14.3. The summed E-state index contributed by atoms with van der Waals surface area (Å²) in [6.45, 7) is 6.07. The molecule has 1 aromatic carbocycles. The third-order valence-corrected chi connectivity index (χ3v) is 3.36. The van der Waals surface area contributed by atoms with Crippen LogP contribution in [-0.4, -0.2) is 30.5 Å². The van der Waals surface area contributed by atoms with Crippen LogP contribution in [0, 0.1) is 5.92 Å². The monoisotopic (exact) mass is 373 g/mol. The van der Waals surface area contributed by atoms with Gasteiger partial charge in [-0.2, -0.15) is 0 Å². The summed E-state index contributed by atoms with van der Waals surface area (Å²) in [6.07, 6.45) is 1.27. The average Bonchev–Trinajstić information content (AvgIpc) is 3.06. The van der Waals surface area contributed by atoms with Crippen LogP contribution in [0.15, 0.2) is 35.3 Å². The molecule has 106 valence electrons. The van der Waals surface area contributed by atoms with Gasteiger partial charge >= 0.3 is 0 Å². The van der Waals surface area contributed by atoms with E-state index in [0.29, 0.717) is 6.04 Å². The smallest absolute Gasteiger partial charge is 0.194 e. The molecule has 2 atom stereocenters. The third kappa shape index (κ3) is 5.01. The SMILES string of the molecule is CCN=C(NC1CC1C)N(C)Cc1ccccc1.I. The van der Waals surface area contributed by atoms with E-state index in [9.17, 15) is 0 Å². The number of nitrogens with one attached hydrogen (secondary N) is 1. The highest BCUT2D eigenvalue weighted by atomic mass is 127. The molecule has 0 bridgehead atoms. The Kier molecular flexibility index (Phi) is 6.62. The number of nitrogens with zero attached hydrogens (tertiary/aromatic N) is 2. The summed E-state index contributed by atoms with van der Waals surface area (Å²) in [6, 6.07) is 11.1. The lowest BCUT2D eigenvalue weighted by molar-refractivity contribution is 0.473. The summed E-state index contributed by atoms with van der Waals surface area (Å²) < 4.78 is 0. The van der Waals surface area contributed by atoms with E-state index < -0.39 is 0 Å². The van der Waals surface area contributed by atoms with E-state index in [0.717, 1.165) is 25.0 Å². The van der Waals surface area contributed by atoms with Crippen LogP contribution in [0.25, 0.3) is 0 Å². The van der Waals surface area contributed by atoms with Gasteiger partial charge in [-0.1, -0.05) is 37.3 Å². The van der Waals surface area contributed by atoms with E-state index in [1.54, 1.807) is 0 Å². The zero-order chi connectivity index (χ0) is 13.0. The Morgan fingerprint density at radius 2 is 2.00 bits per heavy atom. The molecule has 1 aromatic rings. The quantitative estimate of drug-likeness (QED) is 0.499. The van der Waals surface area contributed by atoms with Crippen molar-refractivity contribution in [1.82, 2.24) is 10.2 Å². The Morgan fingerprint density at radius 1 is 1.37 bits per heavy atom. The maximum atomic E-state index is 4.57. The summed E-state index contributed by atoms with van der Waals surface area (Å²) in [5.41, 5.74) is 1.31. The lowest BCUT2D eigenvalue weighted by Gasteiger charge is -2.22. The van der Waals surface area contributed by atoms with E-state index in [1.165, 1.54) is 12.0 Å². The second kappa shape index (κ2) is 7.72. The Morgan fingerprint density at radius 3 is 2.53 bits per heavy atom. The number of hydrogen-bond acceptors (Lipinski definition) is 1. The summed E-state index contributed by atoms with van der Waals surface area (Å²) >= 11 is 0. The fraction of sp³-hybridized carbons (Fsp3) is 0.533. The predicted molar refractivity (Wildman–Crippen MR) is 92.0 cm³/mol. The Labute approximate surface area is 133 Å². The molecule has 19 heavy (non-hydrogen) atoms. The molecular weight excluding hydrogens is 349 g/mol. The maximum Gasteiger partial charge on any atom is 0.194 e. The first-order chi connectivity index (χ1) is 8.70. The van der Waals surface area contributed by atoms with Crippen molar-refractivity contribution >= 4 is 29.9 Å². The summed E-state index contributed by atoms with van der Waals surface area (Å²) in [7, 11) is 2.10. The van der Waals surface area contributed by atoms with Crippen molar-refractivity contribution in [3.8, 4) is 0 Å². The minimum absolute atomic E-state index is 0. The number of rotatable bonds is 4. The van der Waals surface area contributed by atoms with Gasteiger partial charge in [-0.3, -0.25) is 4.99 Å². The number of aliphatic imine (C=N–C) groups is 1. The highest BCUT2D eigenvalue weighted by Crippen LogP contribution is 2.29. The standard InChI is InChI=1S/C15H23N3.HI/c1-4-16-15(17-14-10-12(14)2)18(3)11-13-8-6-5-7-9-13;/h5-9,12,14H,4,10-11H2,1-3H3,(H,16,17);1H. The molecule has 3 nitrogen and oxygen atoms in total. The topological polar surface area (TPSA) is 27.6 Å². The van der Waals surface area contributed by atoms with Gasteiger partial charge in [0, 0.05) is 26.2 Å². The lowest BCUT2D eigenvalue weighted by Crippen LogP contribution is -2.40. The molecule has 1 N–H and O–H groups in total. The summed E-state index contributed by atoms with van der Waals surface area (Å²) in [4.78, 5) is 6.76. The molecule has 0 aromatic heterocycles. The van der Waals surface area contributed by atoms with Crippen LogP contribution in [0.3, 0.4) is 0 Å². The van der Waals surface area contributed by atoms with Gasteiger partial charge in [0.25, 0.3) is 0 Å². The van der Waals surface area contributed by atoms with Crippen LogP contribution < -0.4 is 5.32 Å². The van der Waals surface area contributed by atoms with Crippen LogP contribution in [0.2, 0.25) is 0 Å². The molecule has 0 aliphatic heterocycles. The van der Waals surface area contributed by atoms with Crippen LogP contribution in [-0.2, 0) is 6.54 Å². The molecule has 0 heterocycles. The molecule has 1 fully saturated rings. The van der Waals surface area contributed by atoms with Gasteiger partial charge in [0.2, 0.25) is 0 Å². The molecule has 1 aliphatic rings. The van der Waals surface area contributed by atoms with E-state index in [4.69, 9.17) is 0 Å². The van der Waals surface area contributed by atoms with E-state index in [1.807, 2.05) is 0 Å². The van der Waals surface area contributed by atoms with E-state index in [2.05, 4.69) is 66.4 Å². The molecule has 2 rings (SSSR count). The van der Waals surface area contributed by atoms with Crippen molar-refractivity contribution in [1.29, 1.82) is 0 Å². The largest absolute Gasteiger partial charge is 0.353 e. The fourth-order valence-corrected chi connectivity index (χ4v) is 2.05. The average molecular weight is 373 g/mol. The second-order valence-electron chi connectivity index (χ2n) is 5.10. The number of hydrogen-bond donors (Lipinski definition) is 1. The van der Waals surface area contributed by atoms with Crippen LogP contribution in [0.4, 0.5) is 0 Å². The van der Waals surface area contributed by atoms with Gasteiger partial charge in [0.1, 0.15) is 0 Å². The number of guanidine groups is 1. The Hall–Kier alpha value is -0.780.